The van der Waals surface area contributed by atoms with E-state index < -0.39 is 24.9 Å². The molecular formula is C6H10O4S2. The van der Waals surface area contributed by atoms with Gasteiger partial charge in [0.2, 0.25) is 0 Å². The first kappa shape index (κ1) is 9.73. The maximum atomic E-state index is 11.3. The van der Waals surface area contributed by atoms with Crippen LogP contribution in [0.5, 0.6) is 0 Å². The van der Waals surface area contributed by atoms with Gasteiger partial charge in [-0.15, -0.1) is 0 Å². The molecule has 0 spiro atoms. The number of allylic oxidation sites excluding steroid dienone is 1. The van der Waals surface area contributed by atoms with Gasteiger partial charge in [-0.3, -0.25) is 0 Å². The molecule has 0 N–H and O–H groups in total. The second kappa shape index (κ2) is 2.56. The van der Waals surface area contributed by atoms with Crippen molar-refractivity contribution in [3.05, 3.63) is 10.3 Å². The standard InChI is InChI=1S/C6H10O4S2/c1-5-3-11(7,8)4-6(2)12(5,9)10/h3,6H,4H2,1-2H3. The second-order valence-electron chi connectivity index (χ2n) is 2.91. The van der Waals surface area contributed by atoms with Gasteiger partial charge in [0.15, 0.2) is 19.7 Å². The van der Waals surface area contributed by atoms with Crippen molar-refractivity contribution < 1.29 is 16.8 Å². The maximum absolute atomic E-state index is 11.3. The van der Waals surface area contributed by atoms with Crippen LogP contribution in [0.1, 0.15) is 13.8 Å². The molecule has 0 amide bonds. The predicted octanol–water partition coefficient (Wildman–Crippen LogP) is 0.0794. The molecule has 1 heterocycles. The molecule has 0 saturated heterocycles. The van der Waals surface area contributed by atoms with Crippen LogP contribution in [-0.4, -0.2) is 27.8 Å². The normalized spacial score (nSPS) is 32.5. The van der Waals surface area contributed by atoms with E-state index >= 15 is 0 Å². The van der Waals surface area contributed by atoms with Crippen molar-refractivity contribution in [1.82, 2.24) is 0 Å². The summed E-state index contributed by atoms with van der Waals surface area (Å²) in [6.45, 7) is 2.71. The molecule has 1 aliphatic heterocycles. The van der Waals surface area contributed by atoms with Crippen LogP contribution >= 0.6 is 0 Å². The summed E-state index contributed by atoms with van der Waals surface area (Å²) in [5.41, 5.74) is 0. The Morgan fingerprint density at radius 1 is 1.33 bits per heavy atom. The molecule has 1 unspecified atom stereocenters. The lowest BCUT2D eigenvalue weighted by molar-refractivity contribution is 0.581. The molecule has 0 aromatic heterocycles. The molecule has 0 aromatic rings. The van der Waals surface area contributed by atoms with Crippen molar-refractivity contribution >= 4 is 19.7 Å². The molecule has 0 saturated carbocycles. The number of rotatable bonds is 0. The Balaban J connectivity index is 3.39. The first-order chi connectivity index (χ1) is 5.26. The average Bonchev–Trinajstić information content (AvgIpc) is 1.82. The number of hydrogen-bond donors (Lipinski definition) is 0. The number of hydrogen-bond acceptors (Lipinski definition) is 4. The van der Waals surface area contributed by atoms with Crippen molar-refractivity contribution in [1.29, 1.82) is 0 Å². The highest BCUT2D eigenvalue weighted by atomic mass is 32.2. The molecule has 1 rings (SSSR count). The van der Waals surface area contributed by atoms with Crippen LogP contribution in [0.2, 0.25) is 0 Å². The van der Waals surface area contributed by atoms with Crippen LogP contribution in [0.15, 0.2) is 10.3 Å². The molecule has 0 bridgehead atoms. The van der Waals surface area contributed by atoms with Gasteiger partial charge in [0.1, 0.15) is 0 Å². The molecule has 1 aliphatic rings. The van der Waals surface area contributed by atoms with Gasteiger partial charge in [-0.05, 0) is 13.8 Å². The Labute approximate surface area is 72.1 Å². The zero-order valence-electron chi connectivity index (χ0n) is 6.81. The van der Waals surface area contributed by atoms with Gasteiger partial charge < -0.3 is 0 Å². The molecule has 70 valence electrons. The summed E-state index contributed by atoms with van der Waals surface area (Å²) in [6.07, 6.45) is 0. The van der Waals surface area contributed by atoms with E-state index in [1.54, 1.807) is 0 Å². The van der Waals surface area contributed by atoms with Gasteiger partial charge in [0.25, 0.3) is 0 Å². The van der Waals surface area contributed by atoms with Crippen LogP contribution < -0.4 is 0 Å². The van der Waals surface area contributed by atoms with E-state index in [-0.39, 0.29) is 10.7 Å². The van der Waals surface area contributed by atoms with Gasteiger partial charge in [-0.1, -0.05) is 0 Å². The Kier molecular flexibility index (Phi) is 2.08. The smallest absolute Gasteiger partial charge is 0.178 e. The van der Waals surface area contributed by atoms with Crippen molar-refractivity contribution in [3.8, 4) is 0 Å². The topological polar surface area (TPSA) is 68.3 Å². The van der Waals surface area contributed by atoms with Gasteiger partial charge in [-0.25, -0.2) is 16.8 Å². The molecule has 0 fully saturated rings. The molecule has 1 atom stereocenters. The van der Waals surface area contributed by atoms with Crippen molar-refractivity contribution in [3.63, 3.8) is 0 Å². The van der Waals surface area contributed by atoms with E-state index in [4.69, 9.17) is 0 Å². The third-order valence-corrected chi connectivity index (χ3v) is 6.07. The highest BCUT2D eigenvalue weighted by Gasteiger charge is 2.32. The molecular weight excluding hydrogens is 200 g/mol. The van der Waals surface area contributed by atoms with E-state index in [2.05, 4.69) is 0 Å². The second-order valence-corrected chi connectivity index (χ2v) is 7.35. The van der Waals surface area contributed by atoms with Crippen molar-refractivity contribution in [2.24, 2.45) is 0 Å². The first-order valence-electron chi connectivity index (χ1n) is 3.41. The third kappa shape index (κ3) is 1.54. The fourth-order valence-corrected chi connectivity index (χ4v) is 5.25. The van der Waals surface area contributed by atoms with Crippen LogP contribution in [0.4, 0.5) is 0 Å². The molecule has 0 radical (unpaired) electrons. The van der Waals surface area contributed by atoms with Crippen LogP contribution in [0.25, 0.3) is 0 Å². The molecule has 0 aliphatic carbocycles. The van der Waals surface area contributed by atoms with E-state index in [9.17, 15) is 16.8 Å². The highest BCUT2D eigenvalue weighted by molar-refractivity contribution is 8.02. The first-order valence-corrected chi connectivity index (χ1v) is 6.67. The Hall–Kier alpha value is -0.360. The lowest BCUT2D eigenvalue weighted by Crippen LogP contribution is -2.30. The molecule has 6 heteroatoms. The average molecular weight is 210 g/mol. The highest BCUT2D eigenvalue weighted by Crippen LogP contribution is 2.21. The summed E-state index contributed by atoms with van der Waals surface area (Å²) in [5.74, 6) is -0.299. The largest absolute Gasteiger partial charge is 0.224 e. The Morgan fingerprint density at radius 2 is 1.83 bits per heavy atom. The van der Waals surface area contributed by atoms with Gasteiger partial charge in [0, 0.05) is 5.41 Å². The van der Waals surface area contributed by atoms with E-state index in [1.165, 1.54) is 13.8 Å². The summed E-state index contributed by atoms with van der Waals surface area (Å²) in [7, 11) is -6.62. The van der Waals surface area contributed by atoms with Gasteiger partial charge >= 0.3 is 0 Å². The summed E-state index contributed by atoms with van der Waals surface area (Å²) < 4.78 is 44.6. The van der Waals surface area contributed by atoms with E-state index in [1.807, 2.05) is 0 Å². The van der Waals surface area contributed by atoms with Crippen molar-refractivity contribution in [2.45, 2.75) is 19.1 Å². The predicted molar refractivity (Wildman–Crippen MR) is 45.9 cm³/mol. The Bertz CT molecular complexity index is 412. The quantitative estimate of drug-likeness (QED) is 0.568. The summed E-state index contributed by atoms with van der Waals surface area (Å²) in [5, 5.41) is 0.0231. The van der Waals surface area contributed by atoms with Gasteiger partial charge in [0.05, 0.1) is 15.9 Å². The number of sulfone groups is 2. The molecule has 0 aromatic carbocycles. The van der Waals surface area contributed by atoms with Crippen molar-refractivity contribution in [2.75, 3.05) is 5.75 Å². The zero-order valence-corrected chi connectivity index (χ0v) is 8.44. The summed E-state index contributed by atoms with van der Waals surface area (Å²) in [6, 6.07) is 0. The summed E-state index contributed by atoms with van der Waals surface area (Å²) >= 11 is 0. The lowest BCUT2D eigenvalue weighted by atomic mass is 10.6. The zero-order chi connectivity index (χ0) is 9.57. The van der Waals surface area contributed by atoms with E-state index in [0.29, 0.717) is 0 Å². The minimum atomic E-state index is -3.33. The van der Waals surface area contributed by atoms with Crippen LogP contribution in [0.3, 0.4) is 0 Å². The fraction of sp³-hybridized carbons (Fsp3) is 0.667. The minimum absolute atomic E-state index is 0.0544. The van der Waals surface area contributed by atoms with Crippen LogP contribution in [0, 0.1) is 0 Å². The summed E-state index contributed by atoms with van der Waals surface area (Å²) in [4.78, 5) is -0.0544. The maximum Gasteiger partial charge on any atom is 0.178 e. The third-order valence-electron chi connectivity index (χ3n) is 1.79. The van der Waals surface area contributed by atoms with E-state index in [0.717, 1.165) is 5.41 Å². The fourth-order valence-electron chi connectivity index (χ4n) is 1.10. The minimum Gasteiger partial charge on any atom is -0.224 e. The van der Waals surface area contributed by atoms with Gasteiger partial charge in [-0.2, -0.15) is 0 Å². The molecule has 12 heavy (non-hydrogen) atoms. The SMILES string of the molecule is CC1=CS(=O)(=O)CC(C)S1(=O)=O. The molecule has 4 nitrogen and oxygen atoms in total. The van der Waals surface area contributed by atoms with Crippen LogP contribution in [-0.2, 0) is 19.7 Å². The lowest BCUT2D eigenvalue weighted by Gasteiger charge is -2.17. The monoisotopic (exact) mass is 210 g/mol. The Morgan fingerprint density at radius 3 is 2.25 bits per heavy atom.